The van der Waals surface area contributed by atoms with E-state index in [2.05, 4.69) is 61.0 Å². The number of hydrogen-bond acceptors (Lipinski definition) is 6. The van der Waals surface area contributed by atoms with E-state index in [1.807, 2.05) is 79.7 Å². The predicted molar refractivity (Wildman–Crippen MR) is 226 cm³/mol. The van der Waals surface area contributed by atoms with Crippen molar-refractivity contribution in [1.82, 2.24) is 20.9 Å². The number of nitrogens with zero attached hydrogens (tertiary/aromatic N) is 1. The summed E-state index contributed by atoms with van der Waals surface area (Å²) >= 11 is 0. The summed E-state index contributed by atoms with van der Waals surface area (Å²) in [5.41, 5.74) is -0.454. The van der Waals surface area contributed by atoms with Crippen molar-refractivity contribution in [3.05, 3.63) is 109 Å². The van der Waals surface area contributed by atoms with Gasteiger partial charge in [-0.15, -0.1) is 0 Å². The van der Waals surface area contributed by atoms with Crippen molar-refractivity contribution in [1.29, 1.82) is 0 Å². The number of benzene rings is 3. The minimum atomic E-state index is -2.96. The highest BCUT2D eigenvalue weighted by atomic mass is 28.4. The number of allylic oxidation sites excluding steroid dienone is 1. The van der Waals surface area contributed by atoms with Crippen molar-refractivity contribution in [2.75, 3.05) is 6.54 Å². The topological polar surface area (TPSA) is 134 Å². The highest BCUT2D eigenvalue weighted by molar-refractivity contribution is 6.99. The van der Waals surface area contributed by atoms with Gasteiger partial charge in [-0.25, -0.2) is 0 Å². The van der Waals surface area contributed by atoms with Crippen molar-refractivity contribution in [3.63, 3.8) is 0 Å². The first-order valence-corrected chi connectivity index (χ1v) is 22.4. The molecule has 2 aliphatic rings. The van der Waals surface area contributed by atoms with E-state index in [-0.39, 0.29) is 41.9 Å². The molecule has 0 radical (unpaired) electrons. The molecule has 2 heterocycles. The predicted octanol–water partition coefficient (Wildman–Crippen LogP) is 5.14. The van der Waals surface area contributed by atoms with Crippen molar-refractivity contribution in [3.8, 4) is 0 Å². The summed E-state index contributed by atoms with van der Waals surface area (Å²) in [7, 11) is -2.96. The fourth-order valence-corrected chi connectivity index (χ4v) is 12.8. The lowest BCUT2D eigenvalue weighted by atomic mass is 9.94. The maximum absolute atomic E-state index is 14.0. The Hall–Kier alpha value is -4.87. The van der Waals surface area contributed by atoms with Crippen LogP contribution in [0.4, 0.5) is 0 Å². The molecule has 3 aromatic rings. The van der Waals surface area contributed by atoms with Gasteiger partial charge >= 0.3 is 0 Å². The maximum Gasteiger partial charge on any atom is 0.262 e. The average Bonchev–Trinajstić information content (AvgIpc) is 3.71. The van der Waals surface area contributed by atoms with Crippen LogP contribution in [0.3, 0.4) is 0 Å². The minimum Gasteiger partial charge on any atom is -0.397 e. The molecule has 0 saturated carbocycles. The van der Waals surface area contributed by atoms with E-state index in [1.54, 1.807) is 24.8 Å². The number of rotatable bonds is 14. The lowest BCUT2D eigenvalue weighted by molar-refractivity contribution is -0.144. The van der Waals surface area contributed by atoms with Gasteiger partial charge in [0.05, 0.1) is 0 Å². The van der Waals surface area contributed by atoms with Crippen LogP contribution in [-0.4, -0.2) is 78.9 Å². The third-order valence-corrected chi connectivity index (χ3v) is 16.6. The van der Waals surface area contributed by atoms with E-state index in [0.717, 1.165) is 15.9 Å². The van der Waals surface area contributed by atoms with Crippen LogP contribution in [0.25, 0.3) is 0 Å². The lowest BCUT2D eigenvalue weighted by Crippen LogP contribution is -2.68. The summed E-state index contributed by atoms with van der Waals surface area (Å²) in [5, 5.41) is 10.7. The lowest BCUT2D eigenvalue weighted by Gasteiger charge is -2.44. The summed E-state index contributed by atoms with van der Waals surface area (Å²) in [6, 6.07) is 27.3. The zero-order valence-electron chi connectivity index (χ0n) is 34.4. The Morgan fingerprint density at radius 2 is 1.47 bits per heavy atom. The van der Waals surface area contributed by atoms with E-state index >= 15 is 0 Å². The van der Waals surface area contributed by atoms with Gasteiger partial charge in [0, 0.05) is 13.0 Å². The zero-order chi connectivity index (χ0) is 41.2. The van der Waals surface area contributed by atoms with Gasteiger partial charge in [0.25, 0.3) is 8.32 Å². The molecular formula is C46H60N4O6Si. The SMILES string of the molecule is CC[C@H](O[Si](c1ccccc1)(c1ccccc1)C(C)(C)C)C(=O)/C=C/CCC[C@@H]1NC(=O)[C@H]2CCCN2C(=O)[C@H](Cc2ccccc2)NC(=O)[C@](C)(CC)NC1=O. The average molecular weight is 793 g/mol. The van der Waals surface area contributed by atoms with Gasteiger partial charge in [-0.2, -0.15) is 0 Å². The van der Waals surface area contributed by atoms with Crippen LogP contribution in [0.15, 0.2) is 103 Å². The van der Waals surface area contributed by atoms with Crippen LogP contribution in [0.1, 0.15) is 92.1 Å². The molecule has 11 heteroatoms. The number of carbonyl (C=O) groups excluding carboxylic acids is 5. The molecular weight excluding hydrogens is 733 g/mol. The van der Waals surface area contributed by atoms with Crippen molar-refractivity contribution in [2.24, 2.45) is 0 Å². The van der Waals surface area contributed by atoms with E-state index in [4.69, 9.17) is 4.43 Å². The molecule has 10 nitrogen and oxygen atoms in total. The molecule has 0 unspecified atom stereocenters. The number of nitrogens with one attached hydrogen (secondary N) is 3. The van der Waals surface area contributed by atoms with Gasteiger partial charge in [0.1, 0.15) is 29.8 Å². The van der Waals surface area contributed by atoms with Crippen LogP contribution in [0, 0.1) is 0 Å². The molecule has 0 spiro atoms. The quantitative estimate of drug-likeness (QED) is 0.118. The standard InChI is InChI=1S/C46H60N4O6Si/c1-7-40(56-57(45(3,4)5,34-24-15-10-16-25-34)35-26-17-11-18-27-35)39(51)30-20-12-19-28-36-41(52)49-46(6,8-2)44(55)48-37(32-33-22-13-9-14-23-33)43(54)50-31-21-29-38(50)42(53)47-36/h9-11,13-18,20,22-27,30,36-38,40H,7-8,12,19,21,28-29,31-32H2,1-6H3,(H,47,53)(H,48,55)(H,49,52)/b30-20+/t36-,37-,38+,40-,46-/m0/s1. The van der Waals surface area contributed by atoms with E-state index < -0.39 is 49.9 Å². The molecule has 5 rings (SSSR count). The number of unbranched alkanes of at least 4 members (excludes halogenated alkanes) is 1. The second-order valence-corrected chi connectivity index (χ2v) is 20.8. The van der Waals surface area contributed by atoms with Crippen molar-refractivity contribution < 1.29 is 28.4 Å². The smallest absolute Gasteiger partial charge is 0.262 e. The number of ketones is 1. The Kier molecular flexibility index (Phi) is 14.5. The zero-order valence-corrected chi connectivity index (χ0v) is 35.4. The Balaban J connectivity index is 1.30. The fourth-order valence-electron chi connectivity index (χ4n) is 8.07. The first kappa shape index (κ1) is 43.3. The molecule has 5 atom stereocenters. The summed E-state index contributed by atoms with van der Waals surface area (Å²) in [6.07, 6.45) is 6.07. The molecule has 4 amide bonds. The Labute approximate surface area is 339 Å². The van der Waals surface area contributed by atoms with E-state index in [1.165, 1.54) is 0 Å². The summed E-state index contributed by atoms with van der Waals surface area (Å²) < 4.78 is 7.12. The summed E-state index contributed by atoms with van der Waals surface area (Å²) in [6.45, 7) is 12.3. The summed E-state index contributed by atoms with van der Waals surface area (Å²) in [5.74, 6) is -1.75. The Bertz CT molecular complexity index is 1840. The van der Waals surface area contributed by atoms with E-state index in [0.29, 0.717) is 38.6 Å². The van der Waals surface area contributed by atoms with Crippen molar-refractivity contribution >= 4 is 48.1 Å². The van der Waals surface area contributed by atoms with Gasteiger partial charge in [0.15, 0.2) is 5.78 Å². The first-order chi connectivity index (χ1) is 27.2. The molecule has 2 saturated heterocycles. The number of amides is 4. The fraction of sp³-hybridized carbons (Fsp3) is 0.457. The maximum atomic E-state index is 14.0. The van der Waals surface area contributed by atoms with Gasteiger partial charge < -0.3 is 25.3 Å². The minimum absolute atomic E-state index is 0.121. The molecule has 0 aliphatic carbocycles. The molecule has 304 valence electrons. The van der Waals surface area contributed by atoms with Crippen LogP contribution < -0.4 is 26.3 Å². The number of hydrogen-bond donors (Lipinski definition) is 3. The largest absolute Gasteiger partial charge is 0.397 e. The molecule has 3 N–H and O–H groups in total. The molecule has 3 aromatic carbocycles. The van der Waals surface area contributed by atoms with E-state index in [9.17, 15) is 24.0 Å². The van der Waals surface area contributed by atoms with Crippen LogP contribution >= 0.6 is 0 Å². The molecule has 2 aliphatic heterocycles. The molecule has 0 bridgehead atoms. The third-order valence-electron chi connectivity index (χ3n) is 11.5. The number of carbonyl (C=O) groups is 5. The Morgan fingerprint density at radius 3 is 2.04 bits per heavy atom. The van der Waals surface area contributed by atoms with Crippen molar-refractivity contribution in [2.45, 2.75) is 128 Å². The second kappa shape index (κ2) is 19.0. The molecule has 57 heavy (non-hydrogen) atoms. The highest BCUT2D eigenvalue weighted by Gasteiger charge is 2.52. The Morgan fingerprint density at radius 1 is 0.877 bits per heavy atom. The van der Waals surface area contributed by atoms with Gasteiger partial charge in [0.2, 0.25) is 23.6 Å². The monoisotopic (exact) mass is 792 g/mol. The number of fused-ring (bicyclic) bond motifs is 1. The van der Waals surface area contributed by atoms with Crippen LogP contribution in [-0.2, 0) is 34.8 Å². The molecule has 0 aromatic heterocycles. The molecule has 2 fully saturated rings. The van der Waals surface area contributed by atoms with Gasteiger partial charge in [-0.3, -0.25) is 24.0 Å². The third kappa shape index (κ3) is 9.99. The highest BCUT2D eigenvalue weighted by Crippen LogP contribution is 2.38. The van der Waals surface area contributed by atoms with Crippen LogP contribution in [0.5, 0.6) is 0 Å². The second-order valence-electron chi connectivity index (χ2n) is 16.6. The van der Waals surface area contributed by atoms with Gasteiger partial charge in [-0.1, -0.05) is 132 Å². The summed E-state index contributed by atoms with van der Waals surface area (Å²) in [4.78, 5) is 71.0. The normalized spacial score (nSPS) is 22.8. The first-order valence-electron chi connectivity index (χ1n) is 20.5. The van der Waals surface area contributed by atoms with Crippen LogP contribution in [0.2, 0.25) is 5.04 Å². The van der Waals surface area contributed by atoms with Gasteiger partial charge in [-0.05, 0) is 78.9 Å².